The Bertz CT molecular complexity index is 777. The van der Waals surface area contributed by atoms with Crippen LogP contribution in [0.15, 0.2) is 36.4 Å². The van der Waals surface area contributed by atoms with Gasteiger partial charge in [0.25, 0.3) is 5.91 Å². The van der Waals surface area contributed by atoms with E-state index in [0.29, 0.717) is 29.5 Å². The zero-order chi connectivity index (χ0) is 17.8. The van der Waals surface area contributed by atoms with E-state index in [1.807, 2.05) is 41.3 Å². The fraction of sp³-hybridized carbons (Fsp3) is 0.333. The van der Waals surface area contributed by atoms with Gasteiger partial charge in [0, 0.05) is 36.5 Å². The molecule has 132 valence electrons. The molecule has 2 heterocycles. The quantitative estimate of drug-likeness (QED) is 0.861. The van der Waals surface area contributed by atoms with Gasteiger partial charge in [0.1, 0.15) is 0 Å². The average Bonchev–Trinajstić information content (AvgIpc) is 3.08. The maximum atomic E-state index is 13.0. The van der Waals surface area contributed by atoms with Crippen molar-refractivity contribution < 1.29 is 9.59 Å². The Labute approximate surface area is 156 Å². The molecule has 2 N–H and O–H groups in total. The van der Waals surface area contributed by atoms with E-state index in [0.717, 1.165) is 17.0 Å². The molecule has 1 fully saturated rings. The predicted octanol–water partition coefficient (Wildman–Crippen LogP) is 2.82. The number of nitrogens with one attached hydrogen (secondary N) is 2. The number of amides is 2. The van der Waals surface area contributed by atoms with Crippen molar-refractivity contribution in [3.05, 3.63) is 56.7 Å². The number of hydrogen-bond acceptors (Lipinski definition) is 4. The lowest BCUT2D eigenvalue weighted by Crippen LogP contribution is -2.48. The number of piperazine rings is 1. The summed E-state index contributed by atoms with van der Waals surface area (Å²) in [5, 5.41) is 6.77. The van der Waals surface area contributed by atoms with Crippen LogP contribution in [0.4, 0.5) is 0 Å². The van der Waals surface area contributed by atoms with Gasteiger partial charge in [-0.3, -0.25) is 9.59 Å². The third-order valence-electron chi connectivity index (χ3n) is 4.12. The Morgan fingerprint density at radius 1 is 1.36 bits per heavy atom. The third kappa shape index (κ3) is 4.39. The van der Waals surface area contributed by atoms with E-state index in [9.17, 15) is 9.59 Å². The molecule has 7 heteroatoms. The van der Waals surface area contributed by atoms with Crippen LogP contribution in [0.2, 0.25) is 5.02 Å². The van der Waals surface area contributed by atoms with Gasteiger partial charge in [-0.2, -0.15) is 0 Å². The first kappa shape index (κ1) is 17.9. The third-order valence-corrected chi connectivity index (χ3v) is 5.43. The fourth-order valence-corrected chi connectivity index (χ4v) is 4.00. The Balaban J connectivity index is 1.78. The zero-order valence-corrected chi connectivity index (χ0v) is 15.5. The summed E-state index contributed by atoms with van der Waals surface area (Å²) in [5.41, 5.74) is 1.03. The highest BCUT2D eigenvalue weighted by Crippen LogP contribution is 2.28. The SMILES string of the molecule is CC(=O)NCc1ccc(C(=O)N2CCNCC2c2cccc(Cl)c2)s1. The summed E-state index contributed by atoms with van der Waals surface area (Å²) in [6.07, 6.45) is 0. The van der Waals surface area contributed by atoms with Crippen LogP contribution in [-0.2, 0) is 11.3 Å². The molecule has 25 heavy (non-hydrogen) atoms. The monoisotopic (exact) mass is 377 g/mol. The number of thiophene rings is 1. The summed E-state index contributed by atoms with van der Waals surface area (Å²) < 4.78 is 0. The van der Waals surface area contributed by atoms with Crippen LogP contribution >= 0.6 is 22.9 Å². The lowest BCUT2D eigenvalue weighted by Gasteiger charge is -2.36. The van der Waals surface area contributed by atoms with Crippen LogP contribution in [-0.4, -0.2) is 36.3 Å². The van der Waals surface area contributed by atoms with Gasteiger partial charge >= 0.3 is 0 Å². The summed E-state index contributed by atoms with van der Waals surface area (Å²) >= 11 is 7.54. The largest absolute Gasteiger partial charge is 0.351 e. The van der Waals surface area contributed by atoms with Crippen LogP contribution in [0.1, 0.15) is 33.1 Å². The highest BCUT2D eigenvalue weighted by Gasteiger charge is 2.29. The van der Waals surface area contributed by atoms with Gasteiger partial charge in [-0.1, -0.05) is 23.7 Å². The van der Waals surface area contributed by atoms with Crippen molar-refractivity contribution in [1.82, 2.24) is 15.5 Å². The Hall–Kier alpha value is -1.89. The van der Waals surface area contributed by atoms with Crippen LogP contribution in [0.3, 0.4) is 0 Å². The number of hydrogen-bond donors (Lipinski definition) is 2. The Morgan fingerprint density at radius 2 is 2.20 bits per heavy atom. The molecule has 1 saturated heterocycles. The summed E-state index contributed by atoms with van der Waals surface area (Å²) in [4.78, 5) is 27.6. The van der Waals surface area contributed by atoms with E-state index in [4.69, 9.17) is 11.6 Å². The van der Waals surface area contributed by atoms with Crippen molar-refractivity contribution in [1.29, 1.82) is 0 Å². The average molecular weight is 378 g/mol. The second kappa shape index (κ2) is 7.99. The molecule has 3 rings (SSSR count). The number of benzene rings is 1. The van der Waals surface area contributed by atoms with Crippen molar-refractivity contribution in [3.63, 3.8) is 0 Å². The maximum Gasteiger partial charge on any atom is 0.264 e. The van der Waals surface area contributed by atoms with Crippen molar-refractivity contribution in [2.75, 3.05) is 19.6 Å². The molecule has 2 aromatic rings. The summed E-state index contributed by atoms with van der Waals surface area (Å²) in [6.45, 7) is 4.06. The molecule has 2 amide bonds. The molecule has 0 saturated carbocycles. The van der Waals surface area contributed by atoms with E-state index < -0.39 is 0 Å². The minimum atomic E-state index is -0.0793. The molecular formula is C18H20ClN3O2S. The Kier molecular flexibility index (Phi) is 5.73. The molecule has 1 aliphatic rings. The van der Waals surface area contributed by atoms with Crippen molar-refractivity contribution in [2.24, 2.45) is 0 Å². The number of halogens is 1. The fourth-order valence-electron chi connectivity index (χ4n) is 2.90. The second-order valence-electron chi connectivity index (χ2n) is 5.95. The van der Waals surface area contributed by atoms with Gasteiger partial charge in [0.15, 0.2) is 0 Å². The lowest BCUT2D eigenvalue weighted by atomic mass is 10.0. The lowest BCUT2D eigenvalue weighted by molar-refractivity contribution is -0.119. The van der Waals surface area contributed by atoms with Crippen LogP contribution < -0.4 is 10.6 Å². The summed E-state index contributed by atoms with van der Waals surface area (Å²) in [6, 6.07) is 11.3. The number of carbonyl (C=O) groups is 2. The summed E-state index contributed by atoms with van der Waals surface area (Å²) in [5.74, 6) is -0.0602. The van der Waals surface area contributed by atoms with Crippen molar-refractivity contribution in [3.8, 4) is 0 Å². The van der Waals surface area contributed by atoms with Crippen LogP contribution in [0, 0.1) is 0 Å². The van der Waals surface area contributed by atoms with E-state index in [-0.39, 0.29) is 17.9 Å². The van der Waals surface area contributed by atoms with Gasteiger partial charge in [0.2, 0.25) is 5.91 Å². The highest BCUT2D eigenvalue weighted by atomic mass is 35.5. The molecule has 0 radical (unpaired) electrons. The van der Waals surface area contributed by atoms with Gasteiger partial charge in [0.05, 0.1) is 17.5 Å². The van der Waals surface area contributed by atoms with E-state index >= 15 is 0 Å². The molecule has 0 bridgehead atoms. The minimum absolute atomic E-state index is 0.0190. The summed E-state index contributed by atoms with van der Waals surface area (Å²) in [7, 11) is 0. The van der Waals surface area contributed by atoms with Crippen molar-refractivity contribution >= 4 is 34.8 Å². The molecule has 5 nitrogen and oxygen atoms in total. The number of nitrogens with zero attached hydrogens (tertiary/aromatic N) is 1. The van der Waals surface area contributed by atoms with Gasteiger partial charge in [-0.15, -0.1) is 11.3 Å². The molecule has 1 atom stereocenters. The number of carbonyl (C=O) groups excluding carboxylic acids is 2. The van der Waals surface area contributed by atoms with E-state index in [1.165, 1.54) is 18.3 Å². The molecule has 0 aliphatic carbocycles. The van der Waals surface area contributed by atoms with Crippen LogP contribution in [0.5, 0.6) is 0 Å². The minimum Gasteiger partial charge on any atom is -0.351 e. The second-order valence-corrected chi connectivity index (χ2v) is 7.55. The maximum absolute atomic E-state index is 13.0. The van der Waals surface area contributed by atoms with E-state index in [1.54, 1.807) is 0 Å². The first-order valence-electron chi connectivity index (χ1n) is 8.15. The zero-order valence-electron chi connectivity index (χ0n) is 13.9. The predicted molar refractivity (Wildman–Crippen MR) is 99.9 cm³/mol. The normalized spacial score (nSPS) is 17.4. The standard InChI is InChI=1S/C18H20ClN3O2S/c1-12(23)21-10-15-5-6-17(25-15)18(24)22-8-7-20-11-16(22)13-3-2-4-14(19)9-13/h2-6,9,16,20H,7-8,10-11H2,1H3,(H,21,23). The molecule has 1 unspecified atom stereocenters. The van der Waals surface area contributed by atoms with Gasteiger partial charge in [-0.25, -0.2) is 0 Å². The molecule has 1 aromatic carbocycles. The van der Waals surface area contributed by atoms with Crippen molar-refractivity contribution in [2.45, 2.75) is 19.5 Å². The first-order valence-corrected chi connectivity index (χ1v) is 9.34. The highest BCUT2D eigenvalue weighted by molar-refractivity contribution is 7.14. The molecule has 1 aromatic heterocycles. The number of rotatable bonds is 4. The van der Waals surface area contributed by atoms with Gasteiger partial charge in [-0.05, 0) is 29.8 Å². The topological polar surface area (TPSA) is 61.4 Å². The van der Waals surface area contributed by atoms with Gasteiger partial charge < -0.3 is 15.5 Å². The first-order chi connectivity index (χ1) is 12.0. The Morgan fingerprint density at radius 3 is 2.96 bits per heavy atom. The molecule has 0 spiro atoms. The molecule has 1 aliphatic heterocycles. The molecular weight excluding hydrogens is 358 g/mol. The van der Waals surface area contributed by atoms with Crippen LogP contribution in [0.25, 0.3) is 0 Å². The van der Waals surface area contributed by atoms with E-state index in [2.05, 4.69) is 10.6 Å². The smallest absolute Gasteiger partial charge is 0.264 e.